The van der Waals surface area contributed by atoms with Crippen LogP contribution in [-0.4, -0.2) is 60.4 Å². The third-order valence-electron chi connectivity index (χ3n) is 5.95. The molecule has 0 saturated heterocycles. The molecule has 3 atom stereocenters. The summed E-state index contributed by atoms with van der Waals surface area (Å²) >= 11 is 6.24. The van der Waals surface area contributed by atoms with Crippen molar-refractivity contribution in [1.82, 2.24) is 19.5 Å². The van der Waals surface area contributed by atoms with Gasteiger partial charge in [0, 0.05) is 6.07 Å². The number of aromatic amines is 1. The minimum atomic E-state index is -4.29. The van der Waals surface area contributed by atoms with Crippen LogP contribution in [0.5, 0.6) is 11.5 Å². The smallest absolute Gasteiger partial charge is 0.345 e. The number of nitrogens with one attached hydrogen (secondary N) is 2. The first-order chi connectivity index (χ1) is 16.9. The molecule has 1 aromatic carbocycles. The van der Waals surface area contributed by atoms with E-state index in [0.717, 1.165) is 13.2 Å². The molecule has 0 aliphatic heterocycles. The molecule has 1 heterocycles. The van der Waals surface area contributed by atoms with Crippen LogP contribution in [0, 0.1) is 0 Å². The Labute approximate surface area is 207 Å². The predicted octanol–water partition coefficient (Wildman–Crippen LogP) is 0.861. The molecule has 2 aliphatic rings. The fourth-order valence-electron chi connectivity index (χ4n) is 3.81. The Kier molecular flexibility index (Phi) is 6.83. The Morgan fingerprint density at radius 1 is 1.31 bits per heavy atom. The molecule has 0 radical (unpaired) electrons. The van der Waals surface area contributed by atoms with E-state index >= 15 is 0 Å². The number of carbonyl (C=O) groups excluding carboxylic acids is 1. The first-order valence-electron chi connectivity index (χ1n) is 10.5. The zero-order chi connectivity index (χ0) is 26.4. The first-order valence-corrected chi connectivity index (χ1v) is 12.5. The van der Waals surface area contributed by atoms with Gasteiger partial charge in [0.1, 0.15) is 28.0 Å². The van der Waals surface area contributed by atoms with Crippen LogP contribution >= 0.6 is 11.6 Å². The number of rotatable bonds is 9. The molecule has 2 aromatic rings. The van der Waals surface area contributed by atoms with Gasteiger partial charge in [0.05, 0.1) is 25.6 Å². The molecule has 4 rings (SSSR count). The largest absolute Gasteiger partial charge is 0.495 e. The van der Waals surface area contributed by atoms with Gasteiger partial charge in [-0.15, -0.1) is 11.6 Å². The number of hydrogen-bond donors (Lipinski definition) is 2. The summed E-state index contributed by atoms with van der Waals surface area (Å²) < 4.78 is 71.1. The van der Waals surface area contributed by atoms with E-state index in [-0.39, 0.29) is 35.7 Å². The van der Waals surface area contributed by atoms with Crippen molar-refractivity contribution in [2.45, 2.75) is 53.6 Å². The van der Waals surface area contributed by atoms with Crippen LogP contribution < -0.4 is 25.4 Å². The van der Waals surface area contributed by atoms with E-state index in [9.17, 15) is 31.6 Å². The van der Waals surface area contributed by atoms with Crippen LogP contribution in [0.3, 0.4) is 0 Å². The first kappa shape index (κ1) is 26.0. The van der Waals surface area contributed by atoms with Gasteiger partial charge in [-0.1, -0.05) is 0 Å². The van der Waals surface area contributed by atoms with Crippen LogP contribution in [0.2, 0.25) is 0 Å². The van der Waals surface area contributed by atoms with Crippen molar-refractivity contribution in [1.29, 1.82) is 0 Å². The molecule has 12 nitrogen and oxygen atoms in total. The second kappa shape index (κ2) is 9.44. The maximum absolute atomic E-state index is 13.1. The van der Waals surface area contributed by atoms with E-state index in [2.05, 4.69) is 14.6 Å². The molecule has 1 aromatic heterocycles. The number of carbonyl (C=O) groups is 1. The molecule has 0 spiro atoms. The van der Waals surface area contributed by atoms with Crippen molar-refractivity contribution in [3.63, 3.8) is 0 Å². The Bertz CT molecular complexity index is 1410. The highest BCUT2D eigenvalue weighted by Gasteiger charge is 2.54. The summed E-state index contributed by atoms with van der Waals surface area (Å²) in [6.07, 6.45) is -3.56. The monoisotopic (exact) mass is 550 g/mol. The highest BCUT2D eigenvalue weighted by atomic mass is 35.5. The van der Waals surface area contributed by atoms with Gasteiger partial charge in [-0.25, -0.2) is 26.7 Å². The molecule has 2 fully saturated rings. The summed E-state index contributed by atoms with van der Waals surface area (Å²) in [5, 5.41) is 2.80. The molecule has 0 amide bonds. The second-order valence-electron chi connectivity index (χ2n) is 8.28. The fraction of sp³-hybridized carbons (Fsp3) is 0.500. The van der Waals surface area contributed by atoms with E-state index in [4.69, 9.17) is 21.1 Å². The molecular formula is C20H21ClF2N4O8S. The third-order valence-corrected chi connectivity index (χ3v) is 7.94. The normalized spacial score (nSPS) is 22.6. The summed E-state index contributed by atoms with van der Waals surface area (Å²) in [5.74, 6) is -0.754. The van der Waals surface area contributed by atoms with Crippen LogP contribution in [0.1, 0.15) is 37.4 Å². The molecule has 16 heteroatoms. The molecule has 196 valence electrons. The van der Waals surface area contributed by atoms with Crippen LogP contribution in [0.25, 0.3) is 0 Å². The second-order valence-corrected chi connectivity index (χ2v) is 10.5. The highest BCUT2D eigenvalue weighted by molar-refractivity contribution is 7.89. The zero-order valence-electron chi connectivity index (χ0n) is 18.9. The van der Waals surface area contributed by atoms with Crippen LogP contribution in [-0.2, 0) is 19.6 Å². The van der Waals surface area contributed by atoms with Gasteiger partial charge in [-0.05, 0) is 31.4 Å². The maximum atomic E-state index is 13.1. The van der Waals surface area contributed by atoms with Gasteiger partial charge in [-0.3, -0.25) is 14.6 Å². The van der Waals surface area contributed by atoms with Crippen molar-refractivity contribution in [2.24, 2.45) is 0 Å². The Balaban J connectivity index is 1.63. The van der Waals surface area contributed by atoms with E-state index in [1.807, 2.05) is 0 Å². The minimum Gasteiger partial charge on any atom is -0.495 e. The van der Waals surface area contributed by atoms with E-state index in [0.29, 0.717) is 4.68 Å². The number of esters is 1. The summed E-state index contributed by atoms with van der Waals surface area (Å²) in [6, 6.07) is 2.93. The number of H-pyrrole nitrogens is 1. The number of sulfonamides is 1. The van der Waals surface area contributed by atoms with Gasteiger partial charge in [-0.2, -0.15) is 9.82 Å². The van der Waals surface area contributed by atoms with Crippen molar-refractivity contribution in [2.75, 3.05) is 14.2 Å². The Hall–Kier alpha value is -3.04. The lowest BCUT2D eigenvalue weighted by molar-refractivity contribution is -0.143. The predicted molar refractivity (Wildman–Crippen MR) is 119 cm³/mol. The van der Waals surface area contributed by atoms with Gasteiger partial charge in [0.25, 0.3) is 12.0 Å². The highest BCUT2D eigenvalue weighted by Crippen LogP contribution is 2.41. The summed E-state index contributed by atoms with van der Waals surface area (Å²) in [7, 11) is -1.88. The van der Waals surface area contributed by atoms with Gasteiger partial charge in [0.2, 0.25) is 10.0 Å². The Morgan fingerprint density at radius 3 is 2.56 bits per heavy atom. The van der Waals surface area contributed by atoms with E-state index in [1.54, 1.807) is 4.98 Å². The SMILES string of the molecule is COC(=O)C1(NS(=O)(=O)c2cc(OC3C(Cl)C[C@H]3n3nc(C(F)F)c(=O)[nH]c3=O)ccc2OC)CC1. The number of methoxy groups -OCH3 is 2. The van der Waals surface area contributed by atoms with Crippen LogP contribution in [0.15, 0.2) is 32.7 Å². The molecular weight excluding hydrogens is 530 g/mol. The maximum Gasteiger partial charge on any atom is 0.345 e. The quantitative estimate of drug-likeness (QED) is 0.341. The number of ether oxygens (including phenoxy) is 3. The standard InChI is InChI=1S/C20H21ClF2N4O8S/c1-33-12-4-3-9(7-13(12)36(31,32)26-20(5-6-20)18(29)34-2)35-15-10(21)8-11(15)27-19(30)24-17(28)14(25-27)16(22)23/h3-4,7,10-11,15-16,26H,5-6,8H2,1-2H3,(H,24,28,30)/t10?,11-,15?/m1/s1. The van der Waals surface area contributed by atoms with Crippen molar-refractivity contribution >= 4 is 27.6 Å². The molecule has 2 unspecified atom stereocenters. The number of nitrogens with zero attached hydrogens (tertiary/aromatic N) is 2. The number of halogens is 3. The van der Waals surface area contributed by atoms with E-state index < -0.39 is 62.4 Å². The number of benzene rings is 1. The average molecular weight is 551 g/mol. The van der Waals surface area contributed by atoms with Crippen molar-refractivity contribution in [3.05, 3.63) is 44.7 Å². The lowest BCUT2D eigenvalue weighted by Crippen LogP contribution is -2.53. The van der Waals surface area contributed by atoms with Gasteiger partial charge in [0.15, 0.2) is 5.69 Å². The van der Waals surface area contributed by atoms with Gasteiger partial charge < -0.3 is 14.2 Å². The number of alkyl halides is 3. The molecule has 2 aliphatic carbocycles. The van der Waals surface area contributed by atoms with Crippen molar-refractivity contribution < 1.29 is 36.2 Å². The number of hydrogen-bond acceptors (Lipinski definition) is 9. The van der Waals surface area contributed by atoms with Gasteiger partial charge >= 0.3 is 11.7 Å². The minimum absolute atomic E-state index is 0.00555. The summed E-state index contributed by atoms with van der Waals surface area (Å²) in [5.41, 5.74) is -4.82. The number of aromatic nitrogens is 3. The molecule has 0 bridgehead atoms. The topological polar surface area (TPSA) is 159 Å². The fourth-order valence-corrected chi connectivity index (χ4v) is 5.81. The Morgan fingerprint density at radius 2 is 2.00 bits per heavy atom. The van der Waals surface area contributed by atoms with Crippen LogP contribution in [0.4, 0.5) is 8.78 Å². The lowest BCUT2D eigenvalue weighted by Gasteiger charge is -2.40. The summed E-state index contributed by atoms with van der Waals surface area (Å²) in [6.45, 7) is 0. The summed E-state index contributed by atoms with van der Waals surface area (Å²) in [4.78, 5) is 37.3. The van der Waals surface area contributed by atoms with Crippen molar-refractivity contribution in [3.8, 4) is 11.5 Å². The van der Waals surface area contributed by atoms with E-state index in [1.165, 1.54) is 19.2 Å². The average Bonchev–Trinajstić information content (AvgIpc) is 3.60. The molecule has 36 heavy (non-hydrogen) atoms. The molecule has 2 N–H and O–H groups in total. The third kappa shape index (κ3) is 4.69. The lowest BCUT2D eigenvalue weighted by atomic mass is 9.88. The zero-order valence-corrected chi connectivity index (χ0v) is 20.4. The molecule has 2 saturated carbocycles.